The van der Waals surface area contributed by atoms with Crippen molar-refractivity contribution in [2.24, 2.45) is 0 Å². The van der Waals surface area contributed by atoms with Crippen LogP contribution >= 0.6 is 0 Å². The molecule has 0 unspecified atom stereocenters. The predicted molar refractivity (Wildman–Crippen MR) is 140 cm³/mol. The Hall–Kier alpha value is -4.71. The van der Waals surface area contributed by atoms with Gasteiger partial charge in [0.2, 0.25) is 0 Å². The van der Waals surface area contributed by atoms with Crippen molar-refractivity contribution >= 4 is 33.9 Å². The van der Waals surface area contributed by atoms with E-state index in [1.54, 1.807) is 42.7 Å². The highest BCUT2D eigenvalue weighted by atomic mass is 16.5. The summed E-state index contributed by atoms with van der Waals surface area (Å²) in [6.45, 7) is 2.09. The lowest BCUT2D eigenvalue weighted by molar-refractivity contribution is 0.102. The van der Waals surface area contributed by atoms with Crippen LogP contribution in [0.4, 0.5) is 17.1 Å². The molecule has 0 aliphatic carbocycles. The van der Waals surface area contributed by atoms with E-state index in [1.807, 2.05) is 48.5 Å². The van der Waals surface area contributed by atoms with E-state index in [0.717, 1.165) is 34.4 Å². The van der Waals surface area contributed by atoms with E-state index in [1.165, 1.54) is 0 Å². The maximum absolute atomic E-state index is 12.8. The van der Waals surface area contributed by atoms with Crippen LogP contribution in [0.3, 0.4) is 0 Å². The predicted octanol–water partition coefficient (Wildman–Crippen LogP) is 6.98. The maximum Gasteiger partial charge on any atom is 0.255 e. The highest BCUT2D eigenvalue weighted by molar-refractivity contribution is 6.04. The van der Waals surface area contributed by atoms with Crippen molar-refractivity contribution in [1.29, 1.82) is 0 Å². The quantitative estimate of drug-likeness (QED) is 0.274. The van der Waals surface area contributed by atoms with Gasteiger partial charge in [-0.25, -0.2) is 0 Å². The number of aromatic nitrogens is 2. The average molecular weight is 461 g/mol. The van der Waals surface area contributed by atoms with Crippen LogP contribution in [0.25, 0.3) is 10.9 Å². The zero-order valence-electron chi connectivity index (χ0n) is 19.2. The Morgan fingerprint density at radius 1 is 0.829 bits per heavy atom. The molecule has 0 atom stereocenters. The van der Waals surface area contributed by atoms with Crippen LogP contribution in [0.2, 0.25) is 0 Å². The molecule has 0 saturated heterocycles. The fourth-order valence-electron chi connectivity index (χ4n) is 3.76. The molecule has 35 heavy (non-hydrogen) atoms. The summed E-state index contributed by atoms with van der Waals surface area (Å²) < 4.78 is 5.82. The molecule has 3 aromatic carbocycles. The van der Waals surface area contributed by atoms with E-state index >= 15 is 0 Å². The number of benzene rings is 3. The van der Waals surface area contributed by atoms with Crippen LogP contribution in [0, 0.1) is 0 Å². The van der Waals surface area contributed by atoms with Gasteiger partial charge in [0.05, 0.1) is 5.52 Å². The number of aryl methyl sites for hydroxylation is 1. The number of hydrogen-bond donors (Lipinski definition) is 2. The summed E-state index contributed by atoms with van der Waals surface area (Å²) in [5, 5.41) is 7.46. The topological polar surface area (TPSA) is 76.1 Å². The number of carbonyl (C=O) groups is 1. The van der Waals surface area contributed by atoms with Crippen LogP contribution in [-0.2, 0) is 6.42 Å². The third-order valence-corrected chi connectivity index (χ3v) is 5.53. The lowest BCUT2D eigenvalue weighted by Crippen LogP contribution is -2.11. The van der Waals surface area contributed by atoms with Gasteiger partial charge in [0.1, 0.15) is 11.5 Å². The van der Waals surface area contributed by atoms with Gasteiger partial charge in [0.15, 0.2) is 0 Å². The van der Waals surface area contributed by atoms with Gasteiger partial charge in [-0.2, -0.15) is 0 Å². The molecule has 1 amide bonds. The van der Waals surface area contributed by atoms with Crippen molar-refractivity contribution in [3.63, 3.8) is 0 Å². The molecule has 0 bridgehead atoms. The Balaban J connectivity index is 1.29. The first-order valence-corrected chi connectivity index (χ1v) is 11.4. The van der Waals surface area contributed by atoms with E-state index in [4.69, 9.17) is 9.72 Å². The Bertz CT molecular complexity index is 1470. The lowest BCUT2D eigenvalue weighted by atomic mass is 10.1. The fourth-order valence-corrected chi connectivity index (χ4v) is 3.76. The molecule has 0 spiro atoms. The SMILES string of the molecule is CCc1cc(Nc2ccc(C(=O)Nc3cccc(Oc4ccncc4)c3)cc2)c2ccccc2n1. The van der Waals surface area contributed by atoms with Crippen molar-refractivity contribution in [2.75, 3.05) is 10.6 Å². The van der Waals surface area contributed by atoms with Gasteiger partial charge in [0.25, 0.3) is 5.91 Å². The average Bonchev–Trinajstić information content (AvgIpc) is 2.90. The molecule has 0 fully saturated rings. The largest absolute Gasteiger partial charge is 0.457 e. The monoisotopic (exact) mass is 460 g/mol. The third kappa shape index (κ3) is 5.28. The van der Waals surface area contributed by atoms with Crippen LogP contribution < -0.4 is 15.4 Å². The number of carbonyl (C=O) groups excluding carboxylic acids is 1. The number of amides is 1. The molecule has 6 nitrogen and oxygen atoms in total. The maximum atomic E-state index is 12.8. The summed E-state index contributed by atoms with van der Waals surface area (Å²) in [5.74, 6) is 1.12. The molecule has 172 valence electrons. The van der Waals surface area contributed by atoms with Crippen molar-refractivity contribution < 1.29 is 9.53 Å². The van der Waals surface area contributed by atoms with E-state index in [9.17, 15) is 4.79 Å². The molecule has 6 heteroatoms. The number of nitrogens with one attached hydrogen (secondary N) is 2. The van der Waals surface area contributed by atoms with Gasteiger partial charge in [-0.15, -0.1) is 0 Å². The first-order chi connectivity index (χ1) is 17.2. The zero-order chi connectivity index (χ0) is 24.0. The van der Waals surface area contributed by atoms with Crippen molar-refractivity contribution in [3.05, 3.63) is 115 Å². The van der Waals surface area contributed by atoms with Crippen molar-refractivity contribution in [3.8, 4) is 11.5 Å². The molecule has 5 rings (SSSR count). The zero-order valence-corrected chi connectivity index (χ0v) is 19.2. The summed E-state index contributed by atoms with van der Waals surface area (Å²) in [6.07, 6.45) is 4.19. The molecule has 0 radical (unpaired) electrons. The molecular formula is C29H24N4O2. The highest BCUT2D eigenvalue weighted by Gasteiger charge is 2.09. The molecular weight excluding hydrogens is 436 g/mol. The molecule has 5 aromatic rings. The van der Waals surface area contributed by atoms with Crippen LogP contribution in [0.1, 0.15) is 23.0 Å². The van der Waals surface area contributed by atoms with Crippen LogP contribution in [0.15, 0.2) is 103 Å². The van der Waals surface area contributed by atoms with Crippen molar-refractivity contribution in [2.45, 2.75) is 13.3 Å². The number of fused-ring (bicyclic) bond motifs is 1. The lowest BCUT2D eigenvalue weighted by Gasteiger charge is -2.12. The van der Waals surface area contributed by atoms with E-state index < -0.39 is 0 Å². The first-order valence-electron chi connectivity index (χ1n) is 11.4. The van der Waals surface area contributed by atoms with E-state index in [2.05, 4.69) is 34.7 Å². The smallest absolute Gasteiger partial charge is 0.255 e. The van der Waals surface area contributed by atoms with Crippen molar-refractivity contribution in [1.82, 2.24) is 9.97 Å². The van der Waals surface area contributed by atoms with Gasteiger partial charge in [-0.3, -0.25) is 14.8 Å². The number of rotatable bonds is 7. The summed E-state index contributed by atoms with van der Waals surface area (Å²) in [5.41, 5.74) is 5.09. The Kier molecular flexibility index (Phi) is 6.35. The number of anilines is 3. The summed E-state index contributed by atoms with van der Waals surface area (Å²) in [7, 11) is 0. The van der Waals surface area contributed by atoms with Gasteiger partial charge in [-0.05, 0) is 67.1 Å². The van der Waals surface area contributed by atoms with E-state index in [0.29, 0.717) is 22.7 Å². The second kappa shape index (κ2) is 10.1. The first kappa shape index (κ1) is 22.1. The minimum atomic E-state index is -0.194. The molecule has 2 heterocycles. The van der Waals surface area contributed by atoms with Gasteiger partial charge >= 0.3 is 0 Å². The van der Waals surface area contributed by atoms with Crippen LogP contribution in [-0.4, -0.2) is 15.9 Å². The fraction of sp³-hybridized carbons (Fsp3) is 0.0690. The van der Waals surface area contributed by atoms with Gasteiger partial charge in [-0.1, -0.05) is 31.2 Å². The Morgan fingerprint density at radius 3 is 2.43 bits per heavy atom. The Labute approximate surface area is 203 Å². The van der Waals surface area contributed by atoms with Crippen LogP contribution in [0.5, 0.6) is 11.5 Å². The second-order valence-corrected chi connectivity index (χ2v) is 8.00. The number of pyridine rings is 2. The molecule has 0 aliphatic heterocycles. The molecule has 0 aliphatic rings. The third-order valence-electron chi connectivity index (χ3n) is 5.53. The number of ether oxygens (including phenoxy) is 1. The molecule has 2 N–H and O–H groups in total. The molecule has 0 saturated carbocycles. The normalized spacial score (nSPS) is 10.7. The second-order valence-electron chi connectivity index (χ2n) is 8.00. The molecule has 2 aromatic heterocycles. The number of para-hydroxylation sites is 1. The summed E-state index contributed by atoms with van der Waals surface area (Å²) >= 11 is 0. The van der Waals surface area contributed by atoms with Gasteiger partial charge < -0.3 is 15.4 Å². The number of hydrogen-bond acceptors (Lipinski definition) is 5. The highest BCUT2D eigenvalue weighted by Crippen LogP contribution is 2.27. The summed E-state index contributed by atoms with van der Waals surface area (Å²) in [6, 6.07) is 28.4. The minimum Gasteiger partial charge on any atom is -0.457 e. The standard InChI is InChI=1S/C29H24N4O2/c1-2-21-19-28(26-8-3-4-9-27(26)31-21)32-22-12-10-20(11-13-22)29(34)33-23-6-5-7-25(18-23)35-24-14-16-30-17-15-24/h3-19H,2H2,1H3,(H,31,32)(H,33,34). The Morgan fingerprint density at radius 2 is 1.63 bits per heavy atom. The number of nitrogens with zero attached hydrogens (tertiary/aromatic N) is 2. The van der Waals surface area contributed by atoms with E-state index in [-0.39, 0.29) is 5.91 Å². The minimum absolute atomic E-state index is 0.194. The summed E-state index contributed by atoms with van der Waals surface area (Å²) in [4.78, 5) is 21.5. The van der Waals surface area contributed by atoms with Gasteiger partial charge in [0, 0.05) is 52.2 Å².